The maximum Gasteiger partial charge on any atom is 0.0398 e. The maximum atomic E-state index is 3.49. The van der Waals surface area contributed by atoms with Gasteiger partial charge in [-0.25, -0.2) is 0 Å². The molecule has 0 bridgehead atoms. The number of nitrogens with one attached hydrogen (secondary N) is 1. The smallest absolute Gasteiger partial charge is 0.0398 e. The van der Waals surface area contributed by atoms with E-state index in [0.29, 0.717) is 6.04 Å². The first-order chi connectivity index (χ1) is 10.2. The number of hydrogen-bond donors (Lipinski definition) is 1. The molecule has 1 heterocycles. The first kappa shape index (κ1) is 16.4. The van der Waals surface area contributed by atoms with Crippen LogP contribution in [-0.4, -0.2) is 25.7 Å². The second-order valence-electron chi connectivity index (χ2n) is 6.91. The topological polar surface area (TPSA) is 15.3 Å². The average Bonchev–Trinajstić information content (AvgIpc) is 2.45. The summed E-state index contributed by atoms with van der Waals surface area (Å²) in [6.45, 7) is 10.4. The number of fused-ring (bicyclic) bond motifs is 1. The van der Waals surface area contributed by atoms with Crippen LogP contribution in [-0.2, 0) is 6.42 Å². The number of hydrogen-bond acceptors (Lipinski definition) is 2. The van der Waals surface area contributed by atoms with E-state index in [9.17, 15) is 0 Å². The van der Waals surface area contributed by atoms with E-state index in [0.717, 1.165) is 5.92 Å². The molecular formula is C19H32N2. The zero-order chi connectivity index (χ0) is 15.1. The van der Waals surface area contributed by atoms with Crippen molar-refractivity contribution in [2.24, 2.45) is 5.92 Å². The normalized spacial score (nSPS) is 18.1. The molecule has 0 aromatic heterocycles. The van der Waals surface area contributed by atoms with Crippen LogP contribution < -0.4 is 10.2 Å². The van der Waals surface area contributed by atoms with Gasteiger partial charge in [0.1, 0.15) is 0 Å². The fourth-order valence-corrected chi connectivity index (χ4v) is 3.29. The Balaban J connectivity index is 1.69. The number of unbranched alkanes of at least 4 members (excludes halogenated alkanes) is 3. The molecule has 1 unspecified atom stereocenters. The second-order valence-corrected chi connectivity index (χ2v) is 6.91. The van der Waals surface area contributed by atoms with E-state index in [1.165, 1.54) is 63.0 Å². The highest BCUT2D eigenvalue weighted by Gasteiger charge is 2.20. The van der Waals surface area contributed by atoms with Crippen molar-refractivity contribution in [1.29, 1.82) is 0 Å². The Kier molecular flexibility index (Phi) is 6.56. The summed E-state index contributed by atoms with van der Waals surface area (Å²) in [7, 11) is 0. The number of para-hydroxylation sites is 1. The summed E-state index contributed by atoms with van der Waals surface area (Å²) < 4.78 is 0. The molecule has 1 aromatic carbocycles. The van der Waals surface area contributed by atoms with E-state index in [-0.39, 0.29) is 0 Å². The Labute approximate surface area is 130 Å². The van der Waals surface area contributed by atoms with E-state index < -0.39 is 0 Å². The predicted octanol–water partition coefficient (Wildman–Crippen LogP) is 4.24. The molecule has 0 spiro atoms. The monoisotopic (exact) mass is 288 g/mol. The van der Waals surface area contributed by atoms with Crippen molar-refractivity contribution >= 4 is 5.69 Å². The third-order valence-electron chi connectivity index (χ3n) is 4.34. The molecule has 0 fully saturated rings. The Morgan fingerprint density at radius 2 is 1.90 bits per heavy atom. The molecule has 2 rings (SSSR count). The highest BCUT2D eigenvalue weighted by atomic mass is 15.1. The van der Waals surface area contributed by atoms with Gasteiger partial charge in [-0.2, -0.15) is 0 Å². The molecule has 21 heavy (non-hydrogen) atoms. The van der Waals surface area contributed by atoms with E-state index in [1.54, 1.807) is 0 Å². The Morgan fingerprint density at radius 1 is 1.14 bits per heavy atom. The zero-order valence-corrected chi connectivity index (χ0v) is 14.1. The molecule has 118 valence electrons. The lowest BCUT2D eigenvalue weighted by Gasteiger charge is -2.35. The summed E-state index contributed by atoms with van der Waals surface area (Å²) in [6, 6.07) is 9.58. The van der Waals surface area contributed by atoms with Crippen molar-refractivity contribution in [3.8, 4) is 0 Å². The molecule has 0 saturated carbocycles. The Morgan fingerprint density at radius 3 is 2.71 bits per heavy atom. The molecule has 0 saturated heterocycles. The van der Waals surface area contributed by atoms with E-state index >= 15 is 0 Å². The van der Waals surface area contributed by atoms with Crippen molar-refractivity contribution in [3.05, 3.63) is 29.8 Å². The van der Waals surface area contributed by atoms with Gasteiger partial charge in [-0.15, -0.1) is 0 Å². The summed E-state index contributed by atoms with van der Waals surface area (Å²) in [5.41, 5.74) is 3.02. The molecule has 1 aliphatic rings. The van der Waals surface area contributed by atoms with Gasteiger partial charge in [0.2, 0.25) is 0 Å². The largest absolute Gasteiger partial charge is 0.371 e. The molecule has 0 amide bonds. The molecule has 0 radical (unpaired) electrons. The van der Waals surface area contributed by atoms with Gasteiger partial charge >= 0.3 is 0 Å². The fourth-order valence-electron chi connectivity index (χ4n) is 3.29. The summed E-state index contributed by atoms with van der Waals surface area (Å²) in [5.74, 6) is 0.787. The summed E-state index contributed by atoms with van der Waals surface area (Å²) >= 11 is 0. The molecule has 1 aromatic rings. The minimum atomic E-state index is 0.622. The third-order valence-corrected chi connectivity index (χ3v) is 4.34. The average molecular weight is 288 g/mol. The van der Waals surface area contributed by atoms with Crippen molar-refractivity contribution in [1.82, 2.24) is 5.32 Å². The van der Waals surface area contributed by atoms with Crippen LogP contribution in [0.1, 0.15) is 52.0 Å². The van der Waals surface area contributed by atoms with Gasteiger partial charge in [-0.3, -0.25) is 0 Å². The molecule has 2 nitrogen and oxygen atoms in total. The molecule has 1 atom stereocenters. The lowest BCUT2D eigenvalue weighted by molar-refractivity contribution is 0.510. The first-order valence-electron chi connectivity index (χ1n) is 8.73. The van der Waals surface area contributed by atoms with Crippen molar-refractivity contribution in [3.63, 3.8) is 0 Å². The minimum absolute atomic E-state index is 0.622. The SMILES string of the molecule is CC1Cc2ccccc2N(CCCCCCNC(C)C)C1. The van der Waals surface area contributed by atoms with E-state index in [1.807, 2.05) is 0 Å². The summed E-state index contributed by atoms with van der Waals surface area (Å²) in [6.07, 6.45) is 6.58. The molecule has 2 heteroatoms. The molecular weight excluding hydrogens is 256 g/mol. The van der Waals surface area contributed by atoms with Crippen molar-refractivity contribution < 1.29 is 0 Å². The van der Waals surface area contributed by atoms with Crippen LogP contribution >= 0.6 is 0 Å². The maximum absolute atomic E-state index is 3.49. The van der Waals surface area contributed by atoms with Crippen LogP contribution in [0.25, 0.3) is 0 Å². The van der Waals surface area contributed by atoms with Crippen LogP contribution in [0.3, 0.4) is 0 Å². The highest BCUT2D eigenvalue weighted by Crippen LogP contribution is 2.29. The standard InChI is InChI=1S/C19H32N2/c1-16(2)20-12-8-4-5-9-13-21-15-17(3)14-18-10-6-7-11-19(18)21/h6-7,10-11,16-17,20H,4-5,8-9,12-15H2,1-3H3. The fraction of sp³-hybridized carbons (Fsp3) is 0.684. The van der Waals surface area contributed by atoms with Gasteiger partial charge < -0.3 is 10.2 Å². The quantitative estimate of drug-likeness (QED) is 0.720. The van der Waals surface area contributed by atoms with Crippen LogP contribution in [0.4, 0.5) is 5.69 Å². The van der Waals surface area contributed by atoms with Crippen molar-refractivity contribution in [2.45, 2.75) is 58.9 Å². The number of rotatable bonds is 8. The minimum Gasteiger partial charge on any atom is -0.371 e. The molecule has 1 N–H and O–H groups in total. The van der Waals surface area contributed by atoms with Gasteiger partial charge in [0.25, 0.3) is 0 Å². The summed E-state index contributed by atoms with van der Waals surface area (Å²) in [4.78, 5) is 2.61. The molecule has 0 aliphatic carbocycles. The van der Waals surface area contributed by atoms with E-state index in [4.69, 9.17) is 0 Å². The third kappa shape index (κ3) is 5.35. The van der Waals surface area contributed by atoms with Gasteiger partial charge in [-0.1, -0.05) is 51.8 Å². The van der Waals surface area contributed by atoms with Gasteiger partial charge in [0.15, 0.2) is 0 Å². The Bertz CT molecular complexity index is 414. The summed E-state index contributed by atoms with van der Waals surface area (Å²) in [5, 5.41) is 3.49. The predicted molar refractivity (Wildman–Crippen MR) is 93.1 cm³/mol. The van der Waals surface area contributed by atoms with Gasteiger partial charge in [-0.05, 0) is 43.4 Å². The number of benzene rings is 1. The number of nitrogens with zero attached hydrogens (tertiary/aromatic N) is 1. The lowest BCUT2D eigenvalue weighted by atomic mass is 9.93. The second kappa shape index (κ2) is 8.43. The van der Waals surface area contributed by atoms with Crippen LogP contribution in [0.5, 0.6) is 0 Å². The van der Waals surface area contributed by atoms with E-state index in [2.05, 4.69) is 55.3 Å². The van der Waals surface area contributed by atoms with Gasteiger partial charge in [0.05, 0.1) is 0 Å². The Hall–Kier alpha value is -1.02. The van der Waals surface area contributed by atoms with Crippen LogP contribution in [0.15, 0.2) is 24.3 Å². The van der Waals surface area contributed by atoms with Crippen molar-refractivity contribution in [2.75, 3.05) is 24.5 Å². The molecule has 1 aliphatic heterocycles. The van der Waals surface area contributed by atoms with Crippen LogP contribution in [0.2, 0.25) is 0 Å². The van der Waals surface area contributed by atoms with Crippen LogP contribution in [0, 0.1) is 5.92 Å². The number of anilines is 1. The van der Waals surface area contributed by atoms with Gasteiger partial charge in [0, 0.05) is 24.8 Å². The first-order valence-corrected chi connectivity index (χ1v) is 8.73. The zero-order valence-electron chi connectivity index (χ0n) is 14.1. The lowest BCUT2D eigenvalue weighted by Crippen LogP contribution is -2.35. The highest BCUT2D eigenvalue weighted by molar-refractivity contribution is 5.55.